The minimum absolute atomic E-state index is 0.589. The second kappa shape index (κ2) is 11.4. The van der Waals surface area contributed by atoms with Crippen LogP contribution in [0.3, 0.4) is 0 Å². The predicted molar refractivity (Wildman–Crippen MR) is 90.9 cm³/mol. The van der Waals surface area contributed by atoms with E-state index in [1.165, 1.54) is 39.0 Å². The Morgan fingerprint density at radius 2 is 1.71 bits per heavy atom. The molecule has 1 N–H and O–H groups in total. The van der Waals surface area contributed by atoms with Crippen LogP contribution in [0.5, 0.6) is 0 Å². The highest BCUT2D eigenvalue weighted by Crippen LogP contribution is 2.17. The van der Waals surface area contributed by atoms with Crippen LogP contribution < -0.4 is 5.32 Å². The van der Waals surface area contributed by atoms with Crippen LogP contribution in [-0.2, 0) is 4.74 Å². The maximum Gasteiger partial charge on any atom is 0.0510 e. The molecular formula is C17H37N3O. The predicted octanol–water partition coefficient (Wildman–Crippen LogP) is 2.05. The maximum atomic E-state index is 5.58. The summed E-state index contributed by atoms with van der Waals surface area (Å²) in [5.74, 6) is 0.696. The van der Waals surface area contributed by atoms with Crippen molar-refractivity contribution < 1.29 is 4.74 Å². The van der Waals surface area contributed by atoms with Crippen molar-refractivity contribution in [2.45, 2.75) is 46.6 Å². The van der Waals surface area contributed by atoms with Crippen LogP contribution in [0.1, 0.15) is 40.5 Å². The largest absolute Gasteiger partial charge is 0.381 e. The van der Waals surface area contributed by atoms with Crippen LogP contribution in [0.25, 0.3) is 0 Å². The number of hydrogen-bond acceptors (Lipinski definition) is 4. The summed E-state index contributed by atoms with van der Waals surface area (Å²) < 4.78 is 5.58. The van der Waals surface area contributed by atoms with Crippen molar-refractivity contribution in [3.63, 3.8) is 0 Å². The molecule has 4 nitrogen and oxygen atoms in total. The van der Waals surface area contributed by atoms with Gasteiger partial charge in [-0.15, -0.1) is 0 Å². The number of likely N-dealkylation sites (N-methyl/N-ethyl adjacent to an activating group) is 2. The van der Waals surface area contributed by atoms with E-state index in [0.717, 1.165) is 32.8 Å². The van der Waals surface area contributed by atoms with Crippen molar-refractivity contribution in [3.8, 4) is 0 Å². The lowest BCUT2D eigenvalue weighted by Crippen LogP contribution is -2.46. The molecule has 0 spiro atoms. The van der Waals surface area contributed by atoms with E-state index in [-0.39, 0.29) is 0 Å². The Morgan fingerprint density at radius 1 is 1.05 bits per heavy atom. The zero-order valence-electron chi connectivity index (χ0n) is 14.7. The molecule has 1 saturated heterocycles. The molecule has 0 aromatic rings. The second-order valence-corrected chi connectivity index (χ2v) is 6.06. The Bertz CT molecular complexity index is 240. The number of ether oxygens (including phenoxy) is 1. The fourth-order valence-corrected chi connectivity index (χ4v) is 3.23. The minimum Gasteiger partial charge on any atom is -0.381 e. The lowest BCUT2D eigenvalue weighted by Gasteiger charge is -2.30. The van der Waals surface area contributed by atoms with Crippen molar-refractivity contribution in [2.24, 2.45) is 5.92 Å². The highest BCUT2D eigenvalue weighted by Gasteiger charge is 2.26. The molecule has 0 amide bonds. The standard InChI is InChI=1S/C17H37N3O/c1-5-18-17(16-10-13-21-15-16)14-20(8-4)12-9-11-19(6-2)7-3/h16-18H,5-15H2,1-4H3. The lowest BCUT2D eigenvalue weighted by atomic mass is 9.98. The van der Waals surface area contributed by atoms with Gasteiger partial charge in [0.15, 0.2) is 0 Å². The van der Waals surface area contributed by atoms with E-state index in [4.69, 9.17) is 4.74 Å². The molecule has 1 aliphatic rings. The molecule has 1 fully saturated rings. The third kappa shape index (κ3) is 7.09. The first-order valence-corrected chi connectivity index (χ1v) is 9.00. The minimum atomic E-state index is 0.589. The van der Waals surface area contributed by atoms with Crippen molar-refractivity contribution in [2.75, 3.05) is 59.0 Å². The molecule has 126 valence electrons. The van der Waals surface area contributed by atoms with Crippen LogP contribution in [0.2, 0.25) is 0 Å². The lowest BCUT2D eigenvalue weighted by molar-refractivity contribution is 0.160. The zero-order valence-corrected chi connectivity index (χ0v) is 14.7. The van der Waals surface area contributed by atoms with Gasteiger partial charge in [0.2, 0.25) is 0 Å². The Morgan fingerprint density at radius 3 is 2.24 bits per heavy atom. The summed E-state index contributed by atoms with van der Waals surface area (Å²) in [6, 6.07) is 0.589. The average Bonchev–Trinajstić information content (AvgIpc) is 3.03. The van der Waals surface area contributed by atoms with E-state index >= 15 is 0 Å². The fourth-order valence-electron chi connectivity index (χ4n) is 3.23. The van der Waals surface area contributed by atoms with Crippen LogP contribution in [0.15, 0.2) is 0 Å². The van der Waals surface area contributed by atoms with Gasteiger partial charge in [-0.05, 0) is 52.1 Å². The molecule has 1 rings (SSSR count). The third-order valence-electron chi connectivity index (χ3n) is 4.75. The molecule has 1 heterocycles. The Balaban J connectivity index is 2.35. The number of nitrogens with one attached hydrogen (secondary N) is 1. The summed E-state index contributed by atoms with van der Waals surface area (Å²) in [6.45, 7) is 19.0. The number of rotatable bonds is 12. The van der Waals surface area contributed by atoms with Crippen LogP contribution in [0, 0.1) is 5.92 Å². The van der Waals surface area contributed by atoms with Gasteiger partial charge in [0.1, 0.15) is 0 Å². The van der Waals surface area contributed by atoms with E-state index < -0.39 is 0 Å². The van der Waals surface area contributed by atoms with E-state index in [1.807, 2.05) is 0 Å². The van der Waals surface area contributed by atoms with Gasteiger partial charge in [0.05, 0.1) is 6.61 Å². The van der Waals surface area contributed by atoms with E-state index in [1.54, 1.807) is 0 Å². The molecule has 2 unspecified atom stereocenters. The van der Waals surface area contributed by atoms with Crippen molar-refractivity contribution in [1.29, 1.82) is 0 Å². The van der Waals surface area contributed by atoms with E-state index in [0.29, 0.717) is 12.0 Å². The van der Waals surface area contributed by atoms with Gasteiger partial charge in [-0.3, -0.25) is 0 Å². The van der Waals surface area contributed by atoms with Crippen LogP contribution in [-0.4, -0.2) is 74.9 Å². The van der Waals surface area contributed by atoms with Crippen molar-refractivity contribution >= 4 is 0 Å². The van der Waals surface area contributed by atoms with Gasteiger partial charge in [-0.1, -0.05) is 27.7 Å². The summed E-state index contributed by atoms with van der Waals surface area (Å²) in [6.07, 6.45) is 2.49. The Labute approximate surface area is 132 Å². The summed E-state index contributed by atoms with van der Waals surface area (Å²) in [5, 5.41) is 3.68. The molecule has 0 bridgehead atoms. The fraction of sp³-hybridized carbons (Fsp3) is 1.00. The monoisotopic (exact) mass is 299 g/mol. The summed E-state index contributed by atoms with van der Waals surface area (Å²) in [4.78, 5) is 5.12. The zero-order chi connectivity index (χ0) is 15.5. The van der Waals surface area contributed by atoms with E-state index in [9.17, 15) is 0 Å². The van der Waals surface area contributed by atoms with Gasteiger partial charge >= 0.3 is 0 Å². The Hall–Kier alpha value is -0.160. The van der Waals surface area contributed by atoms with Crippen LogP contribution >= 0.6 is 0 Å². The molecule has 21 heavy (non-hydrogen) atoms. The van der Waals surface area contributed by atoms with Crippen molar-refractivity contribution in [1.82, 2.24) is 15.1 Å². The molecular weight excluding hydrogens is 262 g/mol. The first-order chi connectivity index (χ1) is 10.2. The van der Waals surface area contributed by atoms with Gasteiger partial charge in [-0.25, -0.2) is 0 Å². The van der Waals surface area contributed by atoms with Crippen molar-refractivity contribution in [3.05, 3.63) is 0 Å². The quantitative estimate of drug-likeness (QED) is 0.597. The molecule has 0 aliphatic carbocycles. The average molecular weight is 300 g/mol. The number of hydrogen-bond donors (Lipinski definition) is 1. The topological polar surface area (TPSA) is 27.7 Å². The molecule has 0 saturated carbocycles. The third-order valence-corrected chi connectivity index (χ3v) is 4.75. The SMILES string of the molecule is CCNC(CN(CC)CCCN(CC)CC)C1CCOC1. The van der Waals surface area contributed by atoms with Crippen LogP contribution in [0.4, 0.5) is 0 Å². The second-order valence-electron chi connectivity index (χ2n) is 6.06. The first-order valence-electron chi connectivity index (χ1n) is 9.00. The smallest absolute Gasteiger partial charge is 0.0510 e. The first kappa shape index (κ1) is 18.9. The van der Waals surface area contributed by atoms with Gasteiger partial charge < -0.3 is 19.9 Å². The normalized spacial score (nSPS) is 20.6. The molecule has 2 atom stereocenters. The Kier molecular flexibility index (Phi) is 10.3. The molecule has 4 heteroatoms. The molecule has 0 radical (unpaired) electrons. The summed E-state index contributed by atoms with van der Waals surface area (Å²) in [7, 11) is 0. The molecule has 1 aliphatic heterocycles. The molecule has 0 aromatic heterocycles. The highest BCUT2D eigenvalue weighted by atomic mass is 16.5. The summed E-state index contributed by atoms with van der Waals surface area (Å²) >= 11 is 0. The number of nitrogens with zero attached hydrogens (tertiary/aromatic N) is 2. The molecule has 0 aromatic carbocycles. The highest BCUT2D eigenvalue weighted by molar-refractivity contribution is 4.82. The van der Waals surface area contributed by atoms with Gasteiger partial charge in [0, 0.05) is 25.1 Å². The van der Waals surface area contributed by atoms with Gasteiger partial charge in [0.25, 0.3) is 0 Å². The maximum absolute atomic E-state index is 5.58. The summed E-state index contributed by atoms with van der Waals surface area (Å²) in [5.41, 5.74) is 0. The van der Waals surface area contributed by atoms with E-state index in [2.05, 4.69) is 42.8 Å². The van der Waals surface area contributed by atoms with Gasteiger partial charge in [-0.2, -0.15) is 0 Å².